The number of carbonyl (C=O) groups is 1. The maximum atomic E-state index is 13.2. The second-order valence-electron chi connectivity index (χ2n) is 8.37. The average molecular weight is 448 g/mol. The van der Waals surface area contributed by atoms with Gasteiger partial charge in [-0.15, -0.1) is 0 Å². The van der Waals surface area contributed by atoms with E-state index in [2.05, 4.69) is 12.2 Å². The summed E-state index contributed by atoms with van der Waals surface area (Å²) >= 11 is 0. The van der Waals surface area contributed by atoms with Crippen LogP contribution in [0.2, 0.25) is 0 Å². The van der Waals surface area contributed by atoms with Gasteiger partial charge in [-0.2, -0.15) is 0 Å². The summed E-state index contributed by atoms with van der Waals surface area (Å²) in [4.78, 5) is 13.0. The molecule has 0 bridgehead atoms. The molecule has 2 heterocycles. The van der Waals surface area contributed by atoms with E-state index in [1.165, 1.54) is 0 Å². The maximum Gasteiger partial charge on any atom is 0.256 e. The summed E-state index contributed by atoms with van der Waals surface area (Å²) in [7, 11) is -3.55. The molecule has 1 amide bonds. The molecule has 0 fully saturated rings. The molecule has 2 aromatic carbocycles. The molecule has 1 N–H and O–H groups in total. The van der Waals surface area contributed by atoms with Crippen molar-refractivity contribution in [3.8, 4) is 0 Å². The molecule has 32 heavy (non-hydrogen) atoms. The predicted octanol–water partition coefficient (Wildman–Crippen LogP) is 5.19. The van der Waals surface area contributed by atoms with Gasteiger partial charge in [0, 0.05) is 23.2 Å². The number of nitrogens with one attached hydrogen (secondary N) is 1. The Morgan fingerprint density at radius 1 is 1.06 bits per heavy atom. The molecular formula is C26H25NO4S. The quantitative estimate of drug-likeness (QED) is 0.546. The van der Waals surface area contributed by atoms with Crippen LogP contribution < -0.4 is 5.32 Å². The molecule has 3 aromatic rings. The van der Waals surface area contributed by atoms with E-state index in [0.29, 0.717) is 21.8 Å². The second-order valence-corrected chi connectivity index (χ2v) is 10.4. The van der Waals surface area contributed by atoms with Crippen molar-refractivity contribution in [2.24, 2.45) is 0 Å². The summed E-state index contributed by atoms with van der Waals surface area (Å²) in [6, 6.07) is 14.4. The molecular weight excluding hydrogens is 422 g/mol. The van der Waals surface area contributed by atoms with Gasteiger partial charge in [0.15, 0.2) is 9.84 Å². The van der Waals surface area contributed by atoms with Gasteiger partial charge in [-0.3, -0.25) is 4.79 Å². The first kappa shape index (κ1) is 20.8. The number of hydrogen-bond acceptors (Lipinski definition) is 4. The molecule has 0 spiro atoms. The molecule has 6 heteroatoms. The number of sulfone groups is 1. The monoisotopic (exact) mass is 447 g/mol. The Kier molecular flexibility index (Phi) is 5.25. The zero-order valence-corrected chi connectivity index (χ0v) is 18.8. The Hall–Kier alpha value is -3.12. The minimum atomic E-state index is -3.55. The third-order valence-corrected chi connectivity index (χ3v) is 7.96. The molecule has 1 aromatic heterocycles. The molecule has 1 aliphatic carbocycles. The first-order chi connectivity index (χ1) is 15.5. The van der Waals surface area contributed by atoms with E-state index in [1.54, 1.807) is 36.4 Å². The van der Waals surface area contributed by atoms with Crippen molar-refractivity contribution in [1.82, 2.24) is 0 Å². The largest absolute Gasteiger partial charge is 0.461 e. The van der Waals surface area contributed by atoms with Crippen molar-refractivity contribution in [3.63, 3.8) is 0 Å². The lowest BCUT2D eigenvalue weighted by Gasteiger charge is -2.11. The van der Waals surface area contributed by atoms with Crippen LogP contribution >= 0.6 is 0 Å². The Balaban J connectivity index is 1.62. The zero-order chi connectivity index (χ0) is 22.3. The van der Waals surface area contributed by atoms with E-state index in [0.717, 1.165) is 60.2 Å². The van der Waals surface area contributed by atoms with E-state index in [-0.39, 0.29) is 11.7 Å². The number of hydrogen-bond donors (Lipinski definition) is 1. The van der Waals surface area contributed by atoms with E-state index >= 15 is 0 Å². The highest BCUT2D eigenvalue weighted by atomic mass is 32.2. The molecule has 2 aliphatic rings. The Morgan fingerprint density at radius 2 is 1.84 bits per heavy atom. The number of fused-ring (bicyclic) bond motifs is 2. The first-order valence-corrected chi connectivity index (χ1v) is 12.7. The number of aryl methyl sites for hydroxylation is 2. The predicted molar refractivity (Wildman–Crippen MR) is 125 cm³/mol. The van der Waals surface area contributed by atoms with Gasteiger partial charge in [0.25, 0.3) is 5.91 Å². The fourth-order valence-electron chi connectivity index (χ4n) is 4.56. The average Bonchev–Trinajstić information content (AvgIpc) is 3.30. The third kappa shape index (κ3) is 3.69. The molecule has 0 radical (unpaired) electrons. The van der Waals surface area contributed by atoms with Crippen LogP contribution in [-0.2, 0) is 39.6 Å². The summed E-state index contributed by atoms with van der Waals surface area (Å²) in [5, 5.41) is 2.91. The number of carbonyl (C=O) groups excluding carboxylic acids is 1. The summed E-state index contributed by atoms with van der Waals surface area (Å²) in [6.07, 6.45) is 6.21. The number of rotatable bonds is 5. The number of furan rings is 1. The lowest BCUT2D eigenvalue weighted by atomic mass is 9.94. The lowest BCUT2D eigenvalue weighted by Crippen LogP contribution is -2.09. The summed E-state index contributed by atoms with van der Waals surface area (Å²) < 4.78 is 32.5. The van der Waals surface area contributed by atoms with E-state index in [4.69, 9.17) is 4.42 Å². The van der Waals surface area contributed by atoms with Gasteiger partial charge in [0.05, 0.1) is 16.2 Å². The van der Waals surface area contributed by atoms with Gasteiger partial charge in [-0.1, -0.05) is 31.2 Å². The van der Waals surface area contributed by atoms with Gasteiger partial charge >= 0.3 is 0 Å². The zero-order valence-electron chi connectivity index (χ0n) is 18.0. The Bertz CT molecular complexity index is 1330. The number of amides is 1. The highest BCUT2D eigenvalue weighted by Crippen LogP contribution is 2.38. The highest BCUT2D eigenvalue weighted by molar-refractivity contribution is 7.90. The smallest absolute Gasteiger partial charge is 0.256 e. The summed E-state index contributed by atoms with van der Waals surface area (Å²) in [6.45, 7) is 2.07. The highest BCUT2D eigenvalue weighted by Gasteiger charge is 2.29. The van der Waals surface area contributed by atoms with Crippen LogP contribution in [0.1, 0.15) is 53.5 Å². The van der Waals surface area contributed by atoms with Crippen LogP contribution in [0.25, 0.3) is 11.6 Å². The van der Waals surface area contributed by atoms with Crippen molar-refractivity contribution in [2.45, 2.75) is 49.7 Å². The lowest BCUT2D eigenvalue weighted by molar-refractivity contribution is -0.110. The van der Waals surface area contributed by atoms with Crippen LogP contribution in [0.5, 0.6) is 0 Å². The van der Waals surface area contributed by atoms with Crippen molar-refractivity contribution < 1.29 is 17.6 Å². The van der Waals surface area contributed by atoms with Gasteiger partial charge in [0.2, 0.25) is 0 Å². The van der Waals surface area contributed by atoms with Gasteiger partial charge < -0.3 is 9.73 Å². The van der Waals surface area contributed by atoms with Crippen molar-refractivity contribution >= 4 is 33.1 Å². The van der Waals surface area contributed by atoms with Crippen LogP contribution in [0.15, 0.2) is 57.8 Å². The third-order valence-electron chi connectivity index (χ3n) is 6.30. The SMILES string of the molecule is CCc1ccc2c(c1)C(=Cc1oc3c(c1CS(=O)(=O)c1ccccc1)CCCC3)C(=O)N2. The van der Waals surface area contributed by atoms with Crippen molar-refractivity contribution in [1.29, 1.82) is 0 Å². The molecule has 5 rings (SSSR count). The molecule has 0 atom stereocenters. The Labute approximate surface area is 188 Å². The first-order valence-electron chi connectivity index (χ1n) is 11.0. The molecule has 1 aliphatic heterocycles. The molecule has 0 saturated heterocycles. The van der Waals surface area contributed by atoms with Crippen LogP contribution in [0, 0.1) is 0 Å². The standard InChI is InChI=1S/C26H25NO4S/c1-2-17-12-13-23-20(14-17)21(26(28)27-23)15-25-22(19-10-6-7-11-24(19)31-25)16-32(29,30)18-8-4-3-5-9-18/h3-5,8-9,12-15H,2,6-7,10-11,16H2,1H3,(H,27,28). The van der Waals surface area contributed by atoms with E-state index in [9.17, 15) is 13.2 Å². The minimum Gasteiger partial charge on any atom is -0.461 e. The normalized spacial score (nSPS) is 16.7. The molecule has 5 nitrogen and oxygen atoms in total. The van der Waals surface area contributed by atoms with Crippen LogP contribution in [-0.4, -0.2) is 14.3 Å². The molecule has 0 saturated carbocycles. The van der Waals surface area contributed by atoms with Crippen LogP contribution in [0.4, 0.5) is 5.69 Å². The van der Waals surface area contributed by atoms with Crippen molar-refractivity contribution in [3.05, 3.63) is 82.3 Å². The summed E-state index contributed by atoms with van der Waals surface area (Å²) in [5.74, 6) is 0.997. The molecule has 164 valence electrons. The topological polar surface area (TPSA) is 76.4 Å². The second kappa shape index (κ2) is 8.10. The van der Waals surface area contributed by atoms with Gasteiger partial charge in [0.1, 0.15) is 11.5 Å². The maximum absolute atomic E-state index is 13.2. The fourth-order valence-corrected chi connectivity index (χ4v) is 5.99. The number of benzene rings is 2. The Morgan fingerprint density at radius 3 is 2.62 bits per heavy atom. The van der Waals surface area contributed by atoms with E-state index in [1.807, 2.05) is 18.2 Å². The number of anilines is 1. The minimum absolute atomic E-state index is 0.140. The summed E-state index contributed by atoms with van der Waals surface area (Å²) in [5.41, 5.74) is 4.93. The fraction of sp³-hybridized carbons (Fsp3) is 0.269. The van der Waals surface area contributed by atoms with Gasteiger partial charge in [-0.05, 0) is 67.2 Å². The van der Waals surface area contributed by atoms with E-state index < -0.39 is 9.84 Å². The van der Waals surface area contributed by atoms with Gasteiger partial charge in [-0.25, -0.2) is 8.42 Å². The van der Waals surface area contributed by atoms with Crippen molar-refractivity contribution in [2.75, 3.05) is 5.32 Å². The molecule has 0 unspecified atom stereocenters. The van der Waals surface area contributed by atoms with Crippen LogP contribution in [0.3, 0.4) is 0 Å².